The number of anilines is 1. The number of carbonyl (C=O) groups excluding carboxylic acids is 2. The van der Waals surface area contributed by atoms with Crippen LogP contribution >= 0.6 is 0 Å². The highest BCUT2D eigenvalue weighted by Crippen LogP contribution is 2.36. The molecule has 1 saturated heterocycles. The Kier molecular flexibility index (Phi) is 7.57. The first kappa shape index (κ1) is 25.9. The zero-order valence-corrected chi connectivity index (χ0v) is 21.2. The third kappa shape index (κ3) is 6.14. The van der Waals surface area contributed by atoms with Gasteiger partial charge >= 0.3 is 12.1 Å². The third-order valence-corrected chi connectivity index (χ3v) is 5.57. The number of carbonyl (C=O) groups is 2. The minimum atomic E-state index is -0.611. The molecule has 0 aliphatic carbocycles. The first-order valence-corrected chi connectivity index (χ1v) is 12.1. The van der Waals surface area contributed by atoms with Crippen molar-refractivity contribution in [3.8, 4) is 11.8 Å². The number of ether oxygens (including phenoxy) is 2. The molecule has 0 unspecified atom stereocenters. The molecule has 10 nitrogen and oxygen atoms in total. The van der Waals surface area contributed by atoms with Crippen molar-refractivity contribution >= 4 is 23.5 Å². The first-order chi connectivity index (χ1) is 17.7. The Morgan fingerprint density at radius 2 is 2.11 bits per heavy atom. The number of nitrogens with one attached hydrogen (secondary N) is 1. The van der Waals surface area contributed by atoms with Gasteiger partial charge in [-0.25, -0.2) is 28.5 Å². The van der Waals surface area contributed by atoms with E-state index in [1.165, 1.54) is 16.8 Å². The van der Waals surface area contributed by atoms with E-state index >= 15 is 0 Å². The Morgan fingerprint density at radius 1 is 1.30 bits per heavy atom. The van der Waals surface area contributed by atoms with Gasteiger partial charge in [-0.05, 0) is 58.6 Å². The number of aromatic nitrogens is 4. The highest BCUT2D eigenvalue weighted by molar-refractivity contribution is 5.95. The topological polar surface area (TPSA) is 111 Å². The lowest BCUT2D eigenvalue weighted by atomic mass is 10.0. The maximum Gasteiger partial charge on any atom is 0.408 e. The van der Waals surface area contributed by atoms with Gasteiger partial charge in [0.25, 0.3) is 0 Å². The summed E-state index contributed by atoms with van der Waals surface area (Å²) < 4.78 is 26.1. The summed E-state index contributed by atoms with van der Waals surface area (Å²) >= 11 is 0. The maximum absolute atomic E-state index is 14.3. The van der Waals surface area contributed by atoms with Gasteiger partial charge in [-0.1, -0.05) is 5.92 Å². The molecule has 0 saturated carbocycles. The SMILES string of the molecule is CCOC(=O)c1cnn2ccc(N3CCC[C@@H]3c3cc(F)cnc3C#CCNC(=O)OC(C)(C)C)nc12. The minimum absolute atomic E-state index is 0.0534. The number of amides is 1. The molecule has 1 atom stereocenters. The second-order valence-electron chi connectivity index (χ2n) is 9.43. The summed E-state index contributed by atoms with van der Waals surface area (Å²) in [4.78, 5) is 35.1. The zero-order chi connectivity index (χ0) is 26.6. The number of hydrogen-bond acceptors (Lipinski definition) is 8. The van der Waals surface area contributed by atoms with Crippen LogP contribution in [0.15, 0.2) is 30.7 Å². The van der Waals surface area contributed by atoms with Crippen molar-refractivity contribution in [2.45, 2.75) is 52.2 Å². The summed E-state index contributed by atoms with van der Waals surface area (Å²) in [6.07, 6.45) is 5.30. The molecule has 1 fully saturated rings. The van der Waals surface area contributed by atoms with Crippen LogP contribution in [-0.4, -0.2) is 56.9 Å². The summed E-state index contributed by atoms with van der Waals surface area (Å²) in [6.45, 7) is 8.04. The third-order valence-electron chi connectivity index (χ3n) is 5.57. The molecule has 1 aliphatic rings. The molecule has 0 radical (unpaired) electrons. The van der Waals surface area contributed by atoms with Crippen LogP contribution < -0.4 is 10.2 Å². The molecule has 0 aromatic carbocycles. The lowest BCUT2D eigenvalue weighted by molar-refractivity contribution is 0.0520. The molecule has 0 spiro atoms. The van der Waals surface area contributed by atoms with Gasteiger partial charge in [-0.15, -0.1) is 0 Å². The van der Waals surface area contributed by atoms with E-state index in [4.69, 9.17) is 9.47 Å². The highest BCUT2D eigenvalue weighted by Gasteiger charge is 2.30. The molecule has 1 N–H and O–H groups in total. The monoisotopic (exact) mass is 508 g/mol. The molecular weight excluding hydrogens is 479 g/mol. The van der Waals surface area contributed by atoms with Crippen LogP contribution in [0, 0.1) is 17.7 Å². The molecule has 11 heteroatoms. The summed E-state index contributed by atoms with van der Waals surface area (Å²) in [7, 11) is 0. The van der Waals surface area contributed by atoms with E-state index in [2.05, 4.69) is 32.2 Å². The fraction of sp³-hybridized carbons (Fsp3) is 0.423. The van der Waals surface area contributed by atoms with Crippen LogP contribution in [0.1, 0.15) is 68.2 Å². The van der Waals surface area contributed by atoms with Crippen LogP contribution in [0.2, 0.25) is 0 Å². The Hall–Kier alpha value is -4.20. The fourth-order valence-electron chi connectivity index (χ4n) is 4.11. The van der Waals surface area contributed by atoms with E-state index in [9.17, 15) is 14.0 Å². The lowest BCUT2D eigenvalue weighted by Crippen LogP contribution is -2.32. The summed E-state index contributed by atoms with van der Waals surface area (Å²) in [5.41, 5.74) is 1.09. The minimum Gasteiger partial charge on any atom is -0.462 e. The van der Waals surface area contributed by atoms with Crippen molar-refractivity contribution < 1.29 is 23.5 Å². The van der Waals surface area contributed by atoms with Crippen LogP contribution in [0.4, 0.5) is 15.0 Å². The van der Waals surface area contributed by atoms with Crippen molar-refractivity contribution in [3.05, 3.63) is 53.4 Å². The summed E-state index contributed by atoms with van der Waals surface area (Å²) in [5.74, 6) is 5.47. The number of fused-ring (bicyclic) bond motifs is 1. The van der Waals surface area contributed by atoms with E-state index in [-0.39, 0.29) is 24.8 Å². The quantitative estimate of drug-likeness (QED) is 0.411. The number of nitrogens with zero attached hydrogens (tertiary/aromatic N) is 5. The average molecular weight is 509 g/mol. The standard InChI is InChI=1S/C26H29FN6O4/c1-5-36-24(34)19-16-30-33-13-10-22(31-23(19)33)32-12-7-9-21(32)18-14-17(27)15-29-20(18)8-6-11-28-25(35)37-26(2,3)4/h10,13-16,21H,5,7,9,11-12H2,1-4H3,(H,28,35)/t21-/m1/s1. The van der Waals surface area contributed by atoms with Gasteiger partial charge in [-0.3, -0.25) is 0 Å². The predicted octanol–water partition coefficient (Wildman–Crippen LogP) is 3.66. The van der Waals surface area contributed by atoms with Crippen LogP contribution in [-0.2, 0) is 9.47 Å². The molecule has 1 aliphatic heterocycles. The molecular formula is C26H29FN6O4. The van der Waals surface area contributed by atoms with Gasteiger partial charge in [0, 0.05) is 18.3 Å². The largest absolute Gasteiger partial charge is 0.462 e. The number of alkyl carbamates (subject to hydrolysis) is 1. The Labute approximate surface area is 214 Å². The second-order valence-corrected chi connectivity index (χ2v) is 9.43. The number of rotatable bonds is 5. The van der Waals surface area contributed by atoms with Crippen molar-refractivity contribution in [1.82, 2.24) is 24.9 Å². The van der Waals surface area contributed by atoms with Crippen LogP contribution in [0.3, 0.4) is 0 Å². The predicted molar refractivity (Wildman–Crippen MR) is 134 cm³/mol. The molecule has 3 aromatic heterocycles. The number of hydrogen-bond donors (Lipinski definition) is 1. The molecule has 3 aromatic rings. The Bertz CT molecular complexity index is 1370. The number of pyridine rings is 1. The lowest BCUT2D eigenvalue weighted by Gasteiger charge is -2.26. The normalized spacial score (nSPS) is 15.3. The molecule has 1 amide bonds. The fourth-order valence-corrected chi connectivity index (χ4v) is 4.11. The number of esters is 1. The van der Waals surface area contributed by atoms with Gasteiger partial charge in [-0.2, -0.15) is 5.10 Å². The van der Waals surface area contributed by atoms with Crippen molar-refractivity contribution in [3.63, 3.8) is 0 Å². The van der Waals surface area contributed by atoms with Gasteiger partial charge in [0.2, 0.25) is 0 Å². The van der Waals surface area contributed by atoms with Gasteiger partial charge in [0.15, 0.2) is 5.65 Å². The zero-order valence-electron chi connectivity index (χ0n) is 21.2. The summed E-state index contributed by atoms with van der Waals surface area (Å²) in [6, 6.07) is 3.01. The van der Waals surface area contributed by atoms with Gasteiger partial charge in [0.1, 0.15) is 28.5 Å². The molecule has 4 heterocycles. The highest BCUT2D eigenvalue weighted by atomic mass is 19.1. The van der Waals surface area contributed by atoms with Crippen LogP contribution in [0.25, 0.3) is 5.65 Å². The Morgan fingerprint density at radius 3 is 2.86 bits per heavy atom. The van der Waals surface area contributed by atoms with Crippen LogP contribution in [0.5, 0.6) is 0 Å². The van der Waals surface area contributed by atoms with E-state index in [1.807, 2.05) is 4.90 Å². The summed E-state index contributed by atoms with van der Waals surface area (Å²) in [5, 5.41) is 6.76. The molecule has 37 heavy (non-hydrogen) atoms. The smallest absolute Gasteiger partial charge is 0.408 e. The van der Waals surface area contributed by atoms with Crippen molar-refractivity contribution in [2.24, 2.45) is 0 Å². The van der Waals surface area contributed by atoms with E-state index in [0.29, 0.717) is 29.3 Å². The average Bonchev–Trinajstić information content (AvgIpc) is 3.48. The number of halogens is 1. The maximum atomic E-state index is 14.3. The van der Waals surface area contributed by atoms with Crippen molar-refractivity contribution in [1.29, 1.82) is 0 Å². The van der Waals surface area contributed by atoms with Gasteiger partial charge < -0.3 is 19.7 Å². The molecule has 0 bridgehead atoms. The van der Waals surface area contributed by atoms with Crippen molar-refractivity contribution in [2.75, 3.05) is 24.6 Å². The first-order valence-electron chi connectivity index (χ1n) is 12.1. The second kappa shape index (κ2) is 10.8. The van der Waals surface area contributed by atoms with E-state index in [1.54, 1.807) is 40.0 Å². The Balaban J connectivity index is 1.59. The van der Waals surface area contributed by atoms with E-state index < -0.39 is 23.5 Å². The van der Waals surface area contributed by atoms with Gasteiger partial charge in [0.05, 0.1) is 31.6 Å². The molecule has 194 valence electrons. The van der Waals surface area contributed by atoms with E-state index in [0.717, 1.165) is 19.0 Å². The molecule has 4 rings (SSSR count).